The average molecular weight is 502 g/mol. The summed E-state index contributed by atoms with van der Waals surface area (Å²) in [5, 5.41) is 16.3. The van der Waals surface area contributed by atoms with Crippen LogP contribution in [0.5, 0.6) is 5.75 Å². The molecule has 3 heterocycles. The molecule has 3 aliphatic rings. The molecule has 6 rings (SSSR count). The van der Waals surface area contributed by atoms with E-state index in [1.165, 1.54) is 4.90 Å². The fourth-order valence-electron chi connectivity index (χ4n) is 6.02. The molecule has 0 radical (unpaired) electrons. The molecule has 0 aliphatic carbocycles. The van der Waals surface area contributed by atoms with Crippen molar-refractivity contribution in [2.45, 2.75) is 24.4 Å². The first-order valence-corrected chi connectivity index (χ1v) is 12.3. The van der Waals surface area contributed by atoms with Gasteiger partial charge in [0, 0.05) is 18.2 Å². The predicted molar refractivity (Wildman–Crippen MR) is 134 cm³/mol. The Morgan fingerprint density at radius 1 is 0.889 bits per heavy atom. The highest BCUT2D eigenvalue weighted by atomic mass is 35.5. The molecule has 3 amide bonds. The Bertz CT molecular complexity index is 1380. The third kappa shape index (κ3) is 3.34. The molecule has 1 spiro atoms. The molecule has 2 fully saturated rings. The number of halogens is 1. The minimum atomic E-state index is -1.39. The number of hydrogen-bond donors (Lipinski definition) is 3. The maximum Gasteiger partial charge on any atom is 0.250 e. The van der Waals surface area contributed by atoms with Crippen LogP contribution in [-0.2, 0) is 32.8 Å². The van der Waals surface area contributed by atoms with Crippen molar-refractivity contribution in [3.8, 4) is 5.75 Å². The zero-order chi connectivity index (χ0) is 25.0. The topological polar surface area (TPSA) is 98.7 Å². The molecule has 8 heteroatoms. The number of likely N-dealkylation sites (tertiary alicyclic amines) is 1. The highest BCUT2D eigenvalue weighted by molar-refractivity contribution is 6.35. The smallest absolute Gasteiger partial charge is 0.250 e. The van der Waals surface area contributed by atoms with E-state index in [9.17, 15) is 19.5 Å². The molecule has 3 aliphatic heterocycles. The van der Waals surface area contributed by atoms with Crippen molar-refractivity contribution in [2.24, 2.45) is 11.8 Å². The molecular weight excluding hydrogens is 478 g/mol. The van der Waals surface area contributed by atoms with Gasteiger partial charge in [-0.05, 0) is 42.2 Å². The number of benzene rings is 3. The number of aromatic hydroxyl groups is 1. The van der Waals surface area contributed by atoms with E-state index in [-0.39, 0.29) is 30.0 Å². The van der Waals surface area contributed by atoms with Crippen molar-refractivity contribution in [3.05, 3.63) is 94.5 Å². The van der Waals surface area contributed by atoms with Crippen molar-refractivity contribution >= 4 is 35.0 Å². The van der Waals surface area contributed by atoms with Gasteiger partial charge in [-0.3, -0.25) is 24.6 Å². The van der Waals surface area contributed by atoms with Crippen LogP contribution in [0.2, 0.25) is 5.02 Å². The number of amides is 3. The van der Waals surface area contributed by atoms with E-state index in [0.717, 1.165) is 11.1 Å². The van der Waals surface area contributed by atoms with Crippen molar-refractivity contribution in [2.75, 3.05) is 11.9 Å². The van der Waals surface area contributed by atoms with Crippen LogP contribution < -0.4 is 10.6 Å². The van der Waals surface area contributed by atoms with Crippen LogP contribution in [0.1, 0.15) is 16.7 Å². The number of carbonyl (C=O) groups is 3. The van der Waals surface area contributed by atoms with E-state index in [1.54, 1.807) is 42.5 Å². The summed E-state index contributed by atoms with van der Waals surface area (Å²) in [6, 6.07) is 21.2. The summed E-state index contributed by atoms with van der Waals surface area (Å²) in [5.74, 6) is -2.44. The molecule has 36 heavy (non-hydrogen) atoms. The van der Waals surface area contributed by atoms with E-state index < -0.39 is 23.4 Å². The van der Waals surface area contributed by atoms with Crippen LogP contribution in [0.15, 0.2) is 72.8 Å². The van der Waals surface area contributed by atoms with Gasteiger partial charge >= 0.3 is 0 Å². The molecule has 2 saturated heterocycles. The van der Waals surface area contributed by atoms with Gasteiger partial charge < -0.3 is 10.4 Å². The minimum absolute atomic E-state index is 0.144. The fourth-order valence-corrected chi connectivity index (χ4v) is 6.24. The summed E-state index contributed by atoms with van der Waals surface area (Å²) in [7, 11) is 0. The molecule has 182 valence electrons. The maximum atomic E-state index is 13.9. The van der Waals surface area contributed by atoms with Gasteiger partial charge in [0.25, 0.3) is 0 Å². The zero-order valence-electron chi connectivity index (χ0n) is 19.3. The Morgan fingerprint density at radius 2 is 1.64 bits per heavy atom. The first kappa shape index (κ1) is 22.8. The van der Waals surface area contributed by atoms with E-state index in [4.69, 9.17) is 11.6 Å². The first-order chi connectivity index (χ1) is 17.4. The first-order valence-electron chi connectivity index (χ1n) is 12.0. The number of rotatable bonds is 5. The van der Waals surface area contributed by atoms with Crippen LogP contribution >= 0.6 is 11.6 Å². The molecule has 4 atom stereocenters. The lowest BCUT2D eigenvalue weighted by molar-refractivity contribution is -0.142. The van der Waals surface area contributed by atoms with Crippen molar-refractivity contribution < 1.29 is 19.5 Å². The Morgan fingerprint density at radius 3 is 2.39 bits per heavy atom. The van der Waals surface area contributed by atoms with Gasteiger partial charge in [-0.25, -0.2) is 0 Å². The average Bonchev–Trinajstić information content (AvgIpc) is 3.45. The van der Waals surface area contributed by atoms with Gasteiger partial charge in [-0.2, -0.15) is 0 Å². The van der Waals surface area contributed by atoms with Gasteiger partial charge in [0.2, 0.25) is 17.7 Å². The summed E-state index contributed by atoms with van der Waals surface area (Å²) in [4.78, 5) is 42.6. The minimum Gasteiger partial charge on any atom is -0.508 e. The van der Waals surface area contributed by atoms with Gasteiger partial charge in [0.05, 0.1) is 22.5 Å². The number of nitrogens with zero attached hydrogens (tertiary/aromatic N) is 1. The molecular formula is C28H24ClN3O4. The second kappa shape index (κ2) is 8.47. The molecule has 3 aromatic carbocycles. The number of fused-ring (bicyclic) bond motifs is 4. The predicted octanol–water partition coefficient (Wildman–Crippen LogP) is 3.25. The Hall–Kier alpha value is -3.68. The molecule has 0 saturated carbocycles. The van der Waals surface area contributed by atoms with Crippen LogP contribution in [0.3, 0.4) is 0 Å². The number of anilines is 1. The molecule has 0 aromatic heterocycles. The molecule has 0 unspecified atom stereocenters. The Labute approximate surface area is 213 Å². The number of para-hydroxylation sites is 1. The van der Waals surface area contributed by atoms with Gasteiger partial charge in [-0.1, -0.05) is 66.2 Å². The highest BCUT2D eigenvalue weighted by Crippen LogP contribution is 2.54. The molecule has 3 N–H and O–H groups in total. The monoisotopic (exact) mass is 501 g/mol. The quantitative estimate of drug-likeness (QED) is 0.466. The van der Waals surface area contributed by atoms with E-state index >= 15 is 0 Å². The van der Waals surface area contributed by atoms with Crippen LogP contribution in [0, 0.1) is 11.8 Å². The summed E-state index contributed by atoms with van der Waals surface area (Å²) in [6.07, 6.45) is 0.952. The lowest BCUT2D eigenvalue weighted by Crippen LogP contribution is -2.53. The second-order valence-corrected chi connectivity index (χ2v) is 10.0. The third-order valence-corrected chi connectivity index (χ3v) is 7.96. The van der Waals surface area contributed by atoms with Crippen LogP contribution in [0.25, 0.3) is 0 Å². The van der Waals surface area contributed by atoms with Crippen molar-refractivity contribution in [3.63, 3.8) is 0 Å². The second-order valence-electron chi connectivity index (χ2n) is 9.61. The van der Waals surface area contributed by atoms with E-state index in [2.05, 4.69) is 10.6 Å². The highest BCUT2D eigenvalue weighted by Gasteiger charge is 2.70. The summed E-state index contributed by atoms with van der Waals surface area (Å²) in [6.45, 7) is 0.251. The Balaban J connectivity index is 1.40. The number of imide groups is 1. The number of phenols is 1. The van der Waals surface area contributed by atoms with Crippen LogP contribution in [0.4, 0.5) is 5.69 Å². The summed E-state index contributed by atoms with van der Waals surface area (Å²) < 4.78 is 0. The fraction of sp³-hybridized carbons (Fsp3) is 0.250. The van der Waals surface area contributed by atoms with E-state index in [1.807, 2.05) is 30.3 Å². The van der Waals surface area contributed by atoms with E-state index in [0.29, 0.717) is 29.1 Å². The standard InChI is InChI=1S/C28H24ClN3O4/c29-20-8-4-7-19-24(20)30-27(36)28(19)23-22(21(31-28)15-17-9-11-18(33)12-10-17)25(34)32(26(23)35)14-13-16-5-2-1-3-6-16/h1-12,21-23,31,33H,13-15H2,(H,30,36)/t21-,22-,23+,28+/m1/s1. The van der Waals surface area contributed by atoms with Gasteiger partial charge in [-0.15, -0.1) is 0 Å². The number of phenolic OH excluding ortho intramolecular Hbond substituents is 1. The SMILES string of the molecule is O=C1[C@H]2[C@@H](C(=O)N1CCc1ccccc1)[C@]1(N[C@@H]2Cc2ccc(O)cc2)C(=O)Nc2c(Cl)cccc21. The van der Waals surface area contributed by atoms with Crippen LogP contribution in [-0.4, -0.2) is 40.3 Å². The number of nitrogens with one attached hydrogen (secondary N) is 2. The van der Waals surface area contributed by atoms with Crippen molar-refractivity contribution in [1.82, 2.24) is 10.2 Å². The van der Waals surface area contributed by atoms with Gasteiger partial charge in [0.15, 0.2) is 0 Å². The molecule has 7 nitrogen and oxygen atoms in total. The largest absolute Gasteiger partial charge is 0.508 e. The number of hydrogen-bond acceptors (Lipinski definition) is 5. The maximum absolute atomic E-state index is 13.9. The summed E-state index contributed by atoms with van der Waals surface area (Å²) >= 11 is 6.40. The van der Waals surface area contributed by atoms with Crippen molar-refractivity contribution in [1.29, 1.82) is 0 Å². The lowest BCUT2D eigenvalue weighted by atomic mass is 9.76. The zero-order valence-corrected chi connectivity index (χ0v) is 20.0. The lowest BCUT2D eigenvalue weighted by Gasteiger charge is -2.29. The molecule has 3 aromatic rings. The summed E-state index contributed by atoms with van der Waals surface area (Å²) in [5.41, 5.74) is 1.59. The third-order valence-electron chi connectivity index (χ3n) is 7.65. The number of carbonyl (C=O) groups excluding carboxylic acids is 3. The van der Waals surface area contributed by atoms with Gasteiger partial charge in [0.1, 0.15) is 11.3 Å². The Kier molecular flexibility index (Phi) is 5.35. The molecule has 0 bridgehead atoms. The normalized spacial score (nSPS) is 26.4.